The van der Waals surface area contributed by atoms with E-state index in [0.29, 0.717) is 36.6 Å². The number of carbonyl (C=O) groups is 1. The summed E-state index contributed by atoms with van der Waals surface area (Å²) in [6.07, 6.45) is 2.85. The Labute approximate surface area is 131 Å². The van der Waals surface area contributed by atoms with Crippen LogP contribution >= 0.6 is 15.9 Å². The first-order valence-electron chi connectivity index (χ1n) is 6.44. The Morgan fingerprint density at radius 1 is 1.43 bits per heavy atom. The summed E-state index contributed by atoms with van der Waals surface area (Å²) < 4.78 is 6.34. The van der Waals surface area contributed by atoms with Gasteiger partial charge in [0.25, 0.3) is 5.91 Å². The maximum atomic E-state index is 12.0. The van der Waals surface area contributed by atoms with E-state index >= 15 is 0 Å². The number of nitriles is 1. The third-order valence-electron chi connectivity index (χ3n) is 2.69. The van der Waals surface area contributed by atoms with Gasteiger partial charge >= 0.3 is 0 Å². The van der Waals surface area contributed by atoms with E-state index in [4.69, 9.17) is 10.00 Å². The summed E-state index contributed by atoms with van der Waals surface area (Å²) in [7, 11) is 0. The summed E-state index contributed by atoms with van der Waals surface area (Å²) >= 11 is 3.28. The molecule has 0 spiro atoms. The number of amides is 1. The lowest BCUT2D eigenvalue weighted by Crippen LogP contribution is -2.12. The number of benzene rings is 1. The quantitative estimate of drug-likeness (QED) is 0.781. The van der Waals surface area contributed by atoms with Gasteiger partial charge in [0.05, 0.1) is 12.7 Å². The molecule has 0 radical (unpaired) electrons. The number of unbranched alkanes of at least 4 members (excludes halogenated alkanes) is 1. The number of aromatic nitrogens is 1. The Hall–Kier alpha value is -2.26. The second-order valence-corrected chi connectivity index (χ2v) is 5.24. The highest BCUT2D eigenvalue weighted by Gasteiger charge is 2.08. The lowest BCUT2D eigenvalue weighted by Gasteiger charge is -2.08. The van der Waals surface area contributed by atoms with Crippen molar-refractivity contribution < 1.29 is 9.53 Å². The van der Waals surface area contributed by atoms with Crippen molar-refractivity contribution in [1.82, 2.24) is 4.98 Å². The third-order valence-corrected chi connectivity index (χ3v) is 3.14. The highest BCUT2D eigenvalue weighted by atomic mass is 79.9. The van der Waals surface area contributed by atoms with Crippen LogP contribution < -0.4 is 10.1 Å². The number of hydrogen-bond acceptors (Lipinski definition) is 3. The molecule has 1 aromatic heterocycles. The van der Waals surface area contributed by atoms with Crippen molar-refractivity contribution in [3.8, 4) is 11.8 Å². The highest BCUT2D eigenvalue weighted by molar-refractivity contribution is 9.10. The van der Waals surface area contributed by atoms with Crippen LogP contribution in [0.5, 0.6) is 5.75 Å². The van der Waals surface area contributed by atoms with Crippen molar-refractivity contribution in [3.63, 3.8) is 0 Å². The van der Waals surface area contributed by atoms with E-state index in [2.05, 4.69) is 32.3 Å². The molecule has 108 valence electrons. The average molecular weight is 348 g/mol. The second-order valence-electron chi connectivity index (χ2n) is 4.32. The molecule has 2 N–H and O–H groups in total. The van der Waals surface area contributed by atoms with Gasteiger partial charge in [-0.15, -0.1) is 0 Å². The lowest BCUT2D eigenvalue weighted by atomic mass is 10.3. The Morgan fingerprint density at radius 3 is 3.00 bits per heavy atom. The zero-order valence-electron chi connectivity index (χ0n) is 11.2. The predicted octanol–water partition coefficient (Wildman–Crippen LogP) is 3.71. The van der Waals surface area contributed by atoms with E-state index in [9.17, 15) is 4.79 Å². The zero-order valence-corrected chi connectivity index (χ0v) is 12.8. The van der Waals surface area contributed by atoms with Gasteiger partial charge in [0.2, 0.25) is 0 Å². The number of halogens is 1. The van der Waals surface area contributed by atoms with Crippen molar-refractivity contribution in [2.24, 2.45) is 0 Å². The minimum Gasteiger partial charge on any atom is -0.493 e. The molecule has 0 fully saturated rings. The fraction of sp³-hybridized carbons (Fsp3) is 0.200. The van der Waals surface area contributed by atoms with Crippen molar-refractivity contribution in [2.75, 3.05) is 11.9 Å². The molecule has 0 saturated carbocycles. The van der Waals surface area contributed by atoms with Gasteiger partial charge in [0, 0.05) is 28.8 Å². The number of hydrogen-bond donors (Lipinski definition) is 2. The normalized spacial score (nSPS) is 9.90. The summed E-state index contributed by atoms with van der Waals surface area (Å²) in [6.45, 7) is 0.481. The summed E-state index contributed by atoms with van der Waals surface area (Å²) in [5.74, 6) is 0.445. The van der Waals surface area contributed by atoms with E-state index in [-0.39, 0.29) is 5.91 Å². The Balaban J connectivity index is 1.94. The zero-order chi connectivity index (χ0) is 15.1. The van der Waals surface area contributed by atoms with Crippen LogP contribution in [0.25, 0.3) is 0 Å². The first kappa shape index (κ1) is 15.1. The Morgan fingerprint density at radius 2 is 2.29 bits per heavy atom. The molecule has 1 aromatic carbocycles. The monoisotopic (exact) mass is 347 g/mol. The number of rotatable bonds is 6. The molecule has 1 amide bonds. The van der Waals surface area contributed by atoms with Gasteiger partial charge in [-0.3, -0.25) is 4.79 Å². The van der Waals surface area contributed by atoms with Crippen LogP contribution in [0.4, 0.5) is 5.69 Å². The fourth-order valence-corrected chi connectivity index (χ4v) is 2.05. The van der Waals surface area contributed by atoms with E-state index < -0.39 is 0 Å². The van der Waals surface area contributed by atoms with Gasteiger partial charge in [0.15, 0.2) is 0 Å². The standard InChI is InChI=1S/C15H14BrN3O2/c16-11-8-14(18-10-11)15(20)19-12-4-3-5-13(9-12)21-7-2-1-6-17/h3-5,8-10,18H,1-2,7H2,(H,19,20). The molecular weight excluding hydrogens is 334 g/mol. The Kier molecular flexibility index (Phi) is 5.41. The van der Waals surface area contributed by atoms with Gasteiger partial charge in [-0.1, -0.05) is 6.07 Å². The SMILES string of the molecule is N#CCCCOc1cccc(NC(=O)c2cc(Br)c[nH]2)c1. The molecule has 0 saturated heterocycles. The summed E-state index contributed by atoms with van der Waals surface area (Å²) in [5.41, 5.74) is 1.13. The number of aromatic amines is 1. The number of nitrogens with zero attached hydrogens (tertiary/aromatic N) is 1. The van der Waals surface area contributed by atoms with Crippen molar-refractivity contribution in [3.05, 3.63) is 46.7 Å². The van der Waals surface area contributed by atoms with Crippen LogP contribution in [-0.4, -0.2) is 17.5 Å². The maximum Gasteiger partial charge on any atom is 0.272 e. The number of nitrogens with one attached hydrogen (secondary N) is 2. The van der Waals surface area contributed by atoms with Gasteiger partial charge < -0.3 is 15.0 Å². The average Bonchev–Trinajstić information content (AvgIpc) is 2.91. The summed E-state index contributed by atoms with van der Waals surface area (Å²) in [4.78, 5) is 14.9. The van der Waals surface area contributed by atoms with Crippen LogP contribution in [0, 0.1) is 11.3 Å². The molecule has 5 nitrogen and oxygen atoms in total. The first-order valence-corrected chi connectivity index (χ1v) is 7.23. The van der Waals surface area contributed by atoms with Crippen LogP contribution in [0.1, 0.15) is 23.3 Å². The molecule has 0 aliphatic carbocycles. The summed E-state index contributed by atoms with van der Waals surface area (Å²) in [5, 5.41) is 11.2. The van der Waals surface area contributed by atoms with Gasteiger partial charge in [-0.05, 0) is 40.5 Å². The van der Waals surface area contributed by atoms with E-state index in [1.165, 1.54) is 0 Å². The largest absolute Gasteiger partial charge is 0.493 e. The molecule has 2 aromatic rings. The lowest BCUT2D eigenvalue weighted by molar-refractivity contribution is 0.102. The molecule has 6 heteroatoms. The molecular formula is C15H14BrN3O2. The molecule has 0 aliphatic heterocycles. The molecule has 0 atom stereocenters. The summed E-state index contributed by atoms with van der Waals surface area (Å²) in [6, 6.07) is 10.9. The van der Waals surface area contributed by atoms with E-state index in [0.717, 1.165) is 4.47 Å². The minimum atomic E-state index is -0.220. The number of anilines is 1. The topological polar surface area (TPSA) is 77.9 Å². The van der Waals surface area contributed by atoms with Crippen molar-refractivity contribution >= 4 is 27.5 Å². The Bertz CT molecular complexity index is 661. The predicted molar refractivity (Wildman–Crippen MR) is 83.2 cm³/mol. The second kappa shape index (κ2) is 7.50. The maximum absolute atomic E-state index is 12.0. The van der Waals surface area contributed by atoms with Crippen molar-refractivity contribution in [2.45, 2.75) is 12.8 Å². The first-order chi connectivity index (χ1) is 10.2. The molecule has 0 aliphatic rings. The molecule has 2 rings (SSSR count). The molecule has 1 heterocycles. The number of H-pyrrole nitrogens is 1. The fourth-order valence-electron chi connectivity index (χ4n) is 1.70. The highest BCUT2D eigenvalue weighted by Crippen LogP contribution is 2.19. The van der Waals surface area contributed by atoms with Gasteiger partial charge in [-0.2, -0.15) is 5.26 Å². The smallest absolute Gasteiger partial charge is 0.272 e. The van der Waals surface area contributed by atoms with Crippen LogP contribution in [0.3, 0.4) is 0 Å². The molecule has 0 bridgehead atoms. The van der Waals surface area contributed by atoms with Crippen LogP contribution in [0.2, 0.25) is 0 Å². The van der Waals surface area contributed by atoms with Crippen molar-refractivity contribution in [1.29, 1.82) is 5.26 Å². The van der Waals surface area contributed by atoms with E-state index in [1.54, 1.807) is 30.5 Å². The van der Waals surface area contributed by atoms with E-state index in [1.807, 2.05) is 6.07 Å². The molecule has 0 unspecified atom stereocenters. The number of ether oxygens (including phenoxy) is 1. The van der Waals surface area contributed by atoms with Crippen LogP contribution in [-0.2, 0) is 0 Å². The number of carbonyl (C=O) groups excluding carboxylic acids is 1. The van der Waals surface area contributed by atoms with Gasteiger partial charge in [0.1, 0.15) is 11.4 Å². The molecule has 21 heavy (non-hydrogen) atoms. The third kappa shape index (κ3) is 4.65. The van der Waals surface area contributed by atoms with Crippen LogP contribution in [0.15, 0.2) is 41.0 Å². The van der Waals surface area contributed by atoms with Gasteiger partial charge in [-0.25, -0.2) is 0 Å². The minimum absolute atomic E-state index is 0.220.